The van der Waals surface area contributed by atoms with Crippen LogP contribution in [0.3, 0.4) is 0 Å². The van der Waals surface area contributed by atoms with Crippen molar-refractivity contribution in [2.45, 2.75) is 6.92 Å². The van der Waals surface area contributed by atoms with Crippen LogP contribution in [0.15, 0.2) is 29.3 Å². The number of aryl methyl sites for hydroxylation is 1. The maximum absolute atomic E-state index is 13.6. The average molecular weight is 337 g/mol. The van der Waals surface area contributed by atoms with E-state index < -0.39 is 23.2 Å². The molecule has 0 atom stereocenters. The number of carbonyl (C=O) groups is 1. The summed E-state index contributed by atoms with van der Waals surface area (Å²) in [7, 11) is 0. The normalized spacial score (nSPS) is 10.9. The number of carboxylic acid groups (broad SMARTS) is 1. The molecule has 0 aliphatic heterocycles. The Morgan fingerprint density at radius 3 is 2.83 bits per heavy atom. The highest BCUT2D eigenvalue weighted by Crippen LogP contribution is 2.26. The Hall–Kier alpha value is -2.81. The highest BCUT2D eigenvalue weighted by Gasteiger charge is 2.19. The first kappa shape index (κ1) is 15.1. The van der Waals surface area contributed by atoms with Gasteiger partial charge in [0.25, 0.3) is 5.56 Å². The van der Waals surface area contributed by atoms with E-state index in [0.29, 0.717) is 0 Å². The number of rotatable bonds is 3. The van der Waals surface area contributed by atoms with Gasteiger partial charge in [-0.05, 0) is 24.6 Å². The van der Waals surface area contributed by atoms with E-state index in [1.807, 2.05) is 0 Å². The molecule has 2 aromatic heterocycles. The van der Waals surface area contributed by atoms with Gasteiger partial charge in [-0.25, -0.2) is 23.2 Å². The number of aromatic nitrogens is 2. The van der Waals surface area contributed by atoms with Gasteiger partial charge in [0, 0.05) is 6.07 Å². The van der Waals surface area contributed by atoms with Crippen LogP contribution in [0.2, 0.25) is 0 Å². The second kappa shape index (κ2) is 5.43. The van der Waals surface area contributed by atoms with Crippen LogP contribution in [0.4, 0.5) is 14.5 Å². The molecule has 2 heterocycles. The summed E-state index contributed by atoms with van der Waals surface area (Å²) in [6, 6.07) is 2.77. The van der Waals surface area contributed by atoms with Crippen molar-refractivity contribution in [1.29, 1.82) is 0 Å². The predicted octanol–water partition coefficient (Wildman–Crippen LogP) is 2.62. The monoisotopic (exact) mass is 337 g/mol. The highest BCUT2D eigenvalue weighted by atomic mass is 32.1. The number of hydrogen-bond donors (Lipinski definition) is 2. The molecule has 0 radical (unpaired) electrons. The molecule has 23 heavy (non-hydrogen) atoms. The van der Waals surface area contributed by atoms with Crippen molar-refractivity contribution in [3.05, 3.63) is 57.0 Å². The molecule has 0 aliphatic rings. The molecule has 0 saturated carbocycles. The van der Waals surface area contributed by atoms with E-state index in [1.54, 1.807) is 0 Å². The molecule has 0 saturated heterocycles. The minimum atomic E-state index is -1.15. The molecular formula is C14H9F2N3O3S. The van der Waals surface area contributed by atoms with Crippen LogP contribution >= 0.6 is 11.3 Å². The Labute approximate surface area is 131 Å². The lowest BCUT2D eigenvalue weighted by Gasteiger charge is -2.09. The van der Waals surface area contributed by atoms with Crippen molar-refractivity contribution in [2.75, 3.05) is 5.43 Å². The van der Waals surface area contributed by atoms with Crippen LogP contribution in [0.5, 0.6) is 0 Å². The molecule has 0 aliphatic carbocycles. The lowest BCUT2D eigenvalue weighted by atomic mass is 10.2. The standard InChI is InChI=1S/C14H9F2N3O3S/c1-6-10-12(23-11(6)14(21)22)17-5-19(13(10)20)18-9-4-7(15)2-3-8(9)16/h2-5,18H,1H3,(H,21,22). The lowest BCUT2D eigenvalue weighted by Crippen LogP contribution is -2.27. The number of fused-ring (bicyclic) bond motifs is 1. The Morgan fingerprint density at radius 2 is 2.13 bits per heavy atom. The highest BCUT2D eigenvalue weighted by molar-refractivity contribution is 7.20. The van der Waals surface area contributed by atoms with Crippen molar-refractivity contribution < 1.29 is 18.7 Å². The first-order chi connectivity index (χ1) is 10.9. The minimum Gasteiger partial charge on any atom is -0.477 e. The van der Waals surface area contributed by atoms with E-state index >= 15 is 0 Å². The van der Waals surface area contributed by atoms with Crippen molar-refractivity contribution in [2.24, 2.45) is 0 Å². The lowest BCUT2D eigenvalue weighted by molar-refractivity contribution is 0.0701. The van der Waals surface area contributed by atoms with Crippen LogP contribution in [0.25, 0.3) is 10.2 Å². The van der Waals surface area contributed by atoms with Crippen LogP contribution in [0.1, 0.15) is 15.2 Å². The summed E-state index contributed by atoms with van der Waals surface area (Å²) in [5.74, 6) is -2.57. The van der Waals surface area contributed by atoms with E-state index in [0.717, 1.165) is 40.5 Å². The molecule has 3 rings (SSSR count). The van der Waals surface area contributed by atoms with E-state index in [-0.39, 0.29) is 26.3 Å². The molecule has 9 heteroatoms. The molecule has 0 fully saturated rings. The number of benzene rings is 1. The molecule has 0 spiro atoms. The third kappa shape index (κ3) is 2.55. The van der Waals surface area contributed by atoms with Gasteiger partial charge in [-0.1, -0.05) is 0 Å². The number of thiophene rings is 1. The van der Waals surface area contributed by atoms with E-state index in [4.69, 9.17) is 5.11 Å². The molecular weight excluding hydrogens is 328 g/mol. The number of nitrogens with zero attached hydrogens (tertiary/aromatic N) is 2. The summed E-state index contributed by atoms with van der Waals surface area (Å²) in [4.78, 5) is 27.8. The summed E-state index contributed by atoms with van der Waals surface area (Å²) >= 11 is 0.881. The topological polar surface area (TPSA) is 84.2 Å². The van der Waals surface area contributed by atoms with Gasteiger partial charge in [-0.2, -0.15) is 0 Å². The molecule has 0 bridgehead atoms. The molecule has 2 N–H and O–H groups in total. The molecule has 0 unspecified atom stereocenters. The molecule has 6 nitrogen and oxygen atoms in total. The smallest absolute Gasteiger partial charge is 0.346 e. The van der Waals surface area contributed by atoms with E-state index in [2.05, 4.69) is 10.4 Å². The summed E-state index contributed by atoms with van der Waals surface area (Å²) in [6.45, 7) is 1.50. The third-order valence-electron chi connectivity index (χ3n) is 3.21. The van der Waals surface area contributed by atoms with Crippen LogP contribution < -0.4 is 11.0 Å². The number of hydrogen-bond acceptors (Lipinski definition) is 5. The Bertz CT molecular complexity index is 997. The molecule has 1 aromatic carbocycles. The van der Waals surface area contributed by atoms with Gasteiger partial charge in [-0.3, -0.25) is 10.2 Å². The van der Waals surface area contributed by atoms with Crippen LogP contribution in [0, 0.1) is 18.6 Å². The van der Waals surface area contributed by atoms with E-state index in [1.165, 1.54) is 6.92 Å². The van der Waals surface area contributed by atoms with Crippen molar-refractivity contribution in [3.8, 4) is 0 Å². The zero-order valence-corrected chi connectivity index (χ0v) is 12.4. The first-order valence-corrected chi connectivity index (χ1v) is 7.16. The fraction of sp³-hybridized carbons (Fsp3) is 0.0714. The predicted molar refractivity (Wildman–Crippen MR) is 81.0 cm³/mol. The number of halogens is 2. The Kier molecular flexibility index (Phi) is 3.57. The number of aromatic carboxylic acids is 1. The molecule has 118 valence electrons. The van der Waals surface area contributed by atoms with Gasteiger partial charge in [-0.15, -0.1) is 11.3 Å². The second-order valence-corrected chi connectivity index (χ2v) is 5.70. The van der Waals surface area contributed by atoms with Gasteiger partial charge < -0.3 is 5.11 Å². The Balaban J connectivity index is 2.14. The quantitative estimate of drug-likeness (QED) is 0.767. The largest absolute Gasteiger partial charge is 0.477 e. The maximum atomic E-state index is 13.6. The summed E-state index contributed by atoms with van der Waals surface area (Å²) in [5, 5.41) is 9.22. The fourth-order valence-electron chi connectivity index (χ4n) is 2.12. The van der Waals surface area contributed by atoms with Crippen molar-refractivity contribution >= 4 is 33.2 Å². The second-order valence-electron chi connectivity index (χ2n) is 4.70. The minimum absolute atomic E-state index is 0.0132. The van der Waals surface area contributed by atoms with Gasteiger partial charge in [0.05, 0.1) is 11.1 Å². The average Bonchev–Trinajstić information content (AvgIpc) is 2.84. The molecule has 3 aromatic rings. The SMILES string of the molecule is Cc1c(C(=O)O)sc2ncn(Nc3cc(F)ccc3F)c(=O)c12. The zero-order valence-electron chi connectivity index (χ0n) is 11.6. The maximum Gasteiger partial charge on any atom is 0.346 e. The number of carboxylic acids is 1. The number of nitrogens with one attached hydrogen (secondary N) is 1. The van der Waals surface area contributed by atoms with Crippen LogP contribution in [-0.2, 0) is 0 Å². The molecule has 0 amide bonds. The van der Waals surface area contributed by atoms with Gasteiger partial charge in [0.15, 0.2) is 0 Å². The fourth-order valence-corrected chi connectivity index (χ4v) is 3.10. The zero-order chi connectivity index (χ0) is 16.7. The van der Waals surface area contributed by atoms with Crippen LogP contribution in [-0.4, -0.2) is 20.7 Å². The first-order valence-electron chi connectivity index (χ1n) is 6.34. The van der Waals surface area contributed by atoms with Gasteiger partial charge in [0.2, 0.25) is 0 Å². The van der Waals surface area contributed by atoms with Crippen molar-refractivity contribution in [3.63, 3.8) is 0 Å². The summed E-state index contributed by atoms with van der Waals surface area (Å²) in [6.07, 6.45) is 1.09. The summed E-state index contributed by atoms with van der Waals surface area (Å²) in [5.41, 5.74) is 1.87. The number of anilines is 1. The van der Waals surface area contributed by atoms with Gasteiger partial charge >= 0.3 is 5.97 Å². The Morgan fingerprint density at radius 1 is 1.39 bits per heavy atom. The van der Waals surface area contributed by atoms with Gasteiger partial charge in [0.1, 0.15) is 27.7 Å². The third-order valence-corrected chi connectivity index (χ3v) is 4.40. The summed E-state index contributed by atoms with van der Waals surface area (Å²) < 4.78 is 27.7. The van der Waals surface area contributed by atoms with E-state index in [9.17, 15) is 18.4 Å². The van der Waals surface area contributed by atoms with Crippen molar-refractivity contribution in [1.82, 2.24) is 9.66 Å².